The standard InChI is InChI=1S/C22H23NO6S2/c1-27-15-6-9-17(10-7-15)31(25,26)21(20-5-4-12-30-20)14-23-22(24)18-11-8-16(28-2)13-19(18)29-3/h4-13,21H,14H2,1-3H3,(H,23,24)/t21-/m1/s1. The quantitative estimate of drug-likeness (QED) is 0.522. The second kappa shape index (κ2) is 9.84. The van der Waals surface area contributed by atoms with Crippen molar-refractivity contribution in [1.82, 2.24) is 5.32 Å². The Hall–Kier alpha value is -3.04. The first kappa shape index (κ1) is 22.6. The summed E-state index contributed by atoms with van der Waals surface area (Å²) in [7, 11) is 0.721. The Morgan fingerprint density at radius 1 is 0.968 bits per heavy atom. The van der Waals surface area contributed by atoms with E-state index >= 15 is 0 Å². The number of hydrogen-bond acceptors (Lipinski definition) is 7. The molecule has 2 aromatic carbocycles. The summed E-state index contributed by atoms with van der Waals surface area (Å²) in [4.78, 5) is 13.6. The van der Waals surface area contributed by atoms with Gasteiger partial charge in [0.2, 0.25) is 0 Å². The second-order valence-electron chi connectivity index (χ2n) is 6.50. The molecule has 3 aromatic rings. The van der Waals surface area contributed by atoms with Crippen LogP contribution in [-0.2, 0) is 9.84 Å². The summed E-state index contributed by atoms with van der Waals surface area (Å²) in [5.74, 6) is 1.01. The van der Waals surface area contributed by atoms with Crippen LogP contribution in [0, 0.1) is 0 Å². The lowest BCUT2D eigenvalue weighted by Gasteiger charge is -2.18. The minimum Gasteiger partial charge on any atom is -0.497 e. The topological polar surface area (TPSA) is 90.9 Å². The molecule has 0 aliphatic heterocycles. The fourth-order valence-electron chi connectivity index (χ4n) is 3.03. The summed E-state index contributed by atoms with van der Waals surface area (Å²) in [5, 5.41) is 3.61. The molecule has 0 aliphatic rings. The van der Waals surface area contributed by atoms with Crippen molar-refractivity contribution < 1.29 is 27.4 Å². The van der Waals surface area contributed by atoms with E-state index in [9.17, 15) is 13.2 Å². The monoisotopic (exact) mass is 461 g/mol. The van der Waals surface area contributed by atoms with Gasteiger partial charge in [0.25, 0.3) is 5.91 Å². The van der Waals surface area contributed by atoms with Gasteiger partial charge in [0, 0.05) is 17.5 Å². The van der Waals surface area contributed by atoms with Crippen molar-refractivity contribution in [3.8, 4) is 17.2 Å². The molecule has 0 radical (unpaired) electrons. The van der Waals surface area contributed by atoms with Gasteiger partial charge in [-0.25, -0.2) is 8.42 Å². The molecule has 0 aliphatic carbocycles. The van der Waals surface area contributed by atoms with Crippen LogP contribution >= 0.6 is 11.3 Å². The van der Waals surface area contributed by atoms with Crippen molar-refractivity contribution in [2.24, 2.45) is 0 Å². The van der Waals surface area contributed by atoms with E-state index < -0.39 is 21.0 Å². The van der Waals surface area contributed by atoms with E-state index in [1.54, 1.807) is 47.8 Å². The van der Waals surface area contributed by atoms with Crippen molar-refractivity contribution >= 4 is 27.1 Å². The van der Waals surface area contributed by atoms with E-state index in [4.69, 9.17) is 14.2 Å². The van der Waals surface area contributed by atoms with Crippen LogP contribution in [0.4, 0.5) is 0 Å². The number of amides is 1. The summed E-state index contributed by atoms with van der Waals surface area (Å²) in [6.45, 7) is -0.0944. The number of sulfone groups is 1. The summed E-state index contributed by atoms with van der Waals surface area (Å²) >= 11 is 1.32. The van der Waals surface area contributed by atoms with Crippen LogP contribution in [0.15, 0.2) is 64.9 Å². The number of rotatable bonds is 9. The third-order valence-corrected chi connectivity index (χ3v) is 7.96. The number of nitrogens with one attached hydrogen (secondary N) is 1. The van der Waals surface area contributed by atoms with Crippen LogP contribution in [0.2, 0.25) is 0 Å². The molecule has 31 heavy (non-hydrogen) atoms. The molecule has 9 heteroatoms. The minimum absolute atomic E-state index is 0.0944. The van der Waals surface area contributed by atoms with E-state index in [1.165, 1.54) is 44.8 Å². The van der Waals surface area contributed by atoms with Crippen molar-refractivity contribution in [1.29, 1.82) is 0 Å². The SMILES string of the molecule is COc1ccc(S(=O)(=O)[C@H](CNC(=O)c2ccc(OC)cc2OC)c2cccs2)cc1. The van der Waals surface area contributed by atoms with E-state index in [0.29, 0.717) is 22.1 Å². The van der Waals surface area contributed by atoms with Gasteiger partial charge >= 0.3 is 0 Å². The van der Waals surface area contributed by atoms with E-state index in [2.05, 4.69) is 5.32 Å². The molecule has 1 aromatic heterocycles. The number of ether oxygens (including phenoxy) is 3. The summed E-state index contributed by atoms with van der Waals surface area (Å²) < 4.78 is 42.3. The Labute approximate surface area is 185 Å². The number of methoxy groups -OCH3 is 3. The van der Waals surface area contributed by atoms with Gasteiger partial charge in [-0.2, -0.15) is 0 Å². The van der Waals surface area contributed by atoms with Gasteiger partial charge in [-0.1, -0.05) is 6.07 Å². The van der Waals surface area contributed by atoms with Gasteiger partial charge in [0.15, 0.2) is 9.84 Å². The Morgan fingerprint density at radius 2 is 1.65 bits per heavy atom. The van der Waals surface area contributed by atoms with Crippen molar-refractivity contribution in [2.45, 2.75) is 10.1 Å². The molecule has 164 valence electrons. The lowest BCUT2D eigenvalue weighted by atomic mass is 10.1. The highest BCUT2D eigenvalue weighted by molar-refractivity contribution is 7.91. The smallest absolute Gasteiger partial charge is 0.255 e. The van der Waals surface area contributed by atoms with Crippen LogP contribution in [0.1, 0.15) is 20.5 Å². The molecule has 3 rings (SSSR count). The van der Waals surface area contributed by atoms with E-state index in [1.807, 2.05) is 0 Å². The first-order valence-corrected chi connectivity index (χ1v) is 11.7. The fourth-order valence-corrected chi connectivity index (χ4v) is 5.82. The van der Waals surface area contributed by atoms with Gasteiger partial charge in [0.1, 0.15) is 22.5 Å². The van der Waals surface area contributed by atoms with Gasteiger partial charge in [0.05, 0.1) is 31.8 Å². The number of carbonyl (C=O) groups is 1. The van der Waals surface area contributed by atoms with Gasteiger partial charge in [-0.05, 0) is 47.8 Å². The minimum atomic E-state index is -3.76. The van der Waals surface area contributed by atoms with E-state index in [-0.39, 0.29) is 17.0 Å². The number of carbonyl (C=O) groups excluding carboxylic acids is 1. The molecule has 0 saturated carbocycles. The maximum Gasteiger partial charge on any atom is 0.255 e. The van der Waals surface area contributed by atoms with Crippen molar-refractivity contribution in [3.05, 3.63) is 70.4 Å². The fraction of sp³-hybridized carbons (Fsp3) is 0.227. The zero-order valence-electron chi connectivity index (χ0n) is 17.3. The summed E-state index contributed by atoms with van der Waals surface area (Å²) in [5.41, 5.74) is 0.287. The highest BCUT2D eigenvalue weighted by Crippen LogP contribution is 2.32. The molecule has 0 bridgehead atoms. The van der Waals surface area contributed by atoms with Crippen LogP contribution in [-0.4, -0.2) is 42.2 Å². The molecule has 0 saturated heterocycles. The largest absolute Gasteiger partial charge is 0.497 e. The van der Waals surface area contributed by atoms with Crippen LogP contribution < -0.4 is 19.5 Å². The van der Waals surface area contributed by atoms with Gasteiger partial charge in [-0.3, -0.25) is 4.79 Å². The molecule has 1 amide bonds. The maximum absolute atomic E-state index is 13.4. The first-order valence-electron chi connectivity index (χ1n) is 9.32. The van der Waals surface area contributed by atoms with Gasteiger partial charge < -0.3 is 19.5 Å². The van der Waals surface area contributed by atoms with Crippen LogP contribution in [0.25, 0.3) is 0 Å². The van der Waals surface area contributed by atoms with Crippen molar-refractivity contribution in [3.63, 3.8) is 0 Å². The van der Waals surface area contributed by atoms with Gasteiger partial charge in [-0.15, -0.1) is 11.3 Å². The molecule has 0 fully saturated rings. The average molecular weight is 462 g/mol. The Balaban J connectivity index is 1.87. The molecule has 1 atom stereocenters. The zero-order valence-corrected chi connectivity index (χ0v) is 19.0. The first-order chi connectivity index (χ1) is 14.9. The predicted molar refractivity (Wildman–Crippen MR) is 119 cm³/mol. The Kier molecular flexibility index (Phi) is 7.19. The zero-order chi connectivity index (χ0) is 22.4. The Morgan fingerprint density at radius 3 is 2.23 bits per heavy atom. The molecular formula is C22H23NO6S2. The molecule has 0 unspecified atom stereocenters. The lowest BCUT2D eigenvalue weighted by molar-refractivity contribution is 0.0950. The average Bonchev–Trinajstić information content (AvgIpc) is 3.32. The van der Waals surface area contributed by atoms with Crippen LogP contribution in [0.5, 0.6) is 17.2 Å². The predicted octanol–water partition coefficient (Wildman–Crippen LogP) is 3.72. The molecule has 1 N–H and O–H groups in total. The van der Waals surface area contributed by atoms with E-state index in [0.717, 1.165) is 0 Å². The summed E-state index contributed by atoms with van der Waals surface area (Å²) in [6.07, 6.45) is 0. The number of thiophene rings is 1. The lowest BCUT2D eigenvalue weighted by Crippen LogP contribution is -2.31. The number of benzene rings is 2. The third kappa shape index (κ3) is 5.00. The molecule has 1 heterocycles. The summed E-state index contributed by atoms with van der Waals surface area (Å²) in [6, 6.07) is 14.5. The molecular weight excluding hydrogens is 438 g/mol. The molecule has 7 nitrogen and oxygen atoms in total. The molecule has 0 spiro atoms. The highest BCUT2D eigenvalue weighted by Gasteiger charge is 2.31. The second-order valence-corrected chi connectivity index (χ2v) is 9.61. The van der Waals surface area contributed by atoms with Crippen LogP contribution in [0.3, 0.4) is 0 Å². The van der Waals surface area contributed by atoms with Crippen molar-refractivity contribution in [2.75, 3.05) is 27.9 Å². The third-order valence-electron chi connectivity index (χ3n) is 4.72. The number of hydrogen-bond donors (Lipinski definition) is 1. The normalized spacial score (nSPS) is 12.1. The maximum atomic E-state index is 13.4. The highest BCUT2D eigenvalue weighted by atomic mass is 32.2. The Bertz CT molecular complexity index is 1130.